The Hall–Kier alpha value is -2.24. The molecule has 6 nitrogen and oxygen atoms in total. The number of hydrogen-bond donors (Lipinski definition) is 1. The first-order chi connectivity index (χ1) is 12.1. The summed E-state index contributed by atoms with van der Waals surface area (Å²) in [5, 5.41) is 2.99. The highest BCUT2D eigenvalue weighted by Gasteiger charge is 2.32. The van der Waals surface area contributed by atoms with Crippen LogP contribution in [-0.4, -0.2) is 53.7 Å². The molecule has 138 valence electrons. The molecule has 1 atom stereocenters. The summed E-state index contributed by atoms with van der Waals surface area (Å²) in [6.45, 7) is 7.59. The number of nitrogens with zero attached hydrogens (tertiary/aromatic N) is 2. The SMILES string of the molecule is CCOC(=O)N1CCC(N(C(=O)Nc2ccccc2)[C@H](C)CC)CC1. The Labute approximate surface area is 150 Å². The summed E-state index contributed by atoms with van der Waals surface area (Å²) in [6.07, 6.45) is 2.17. The van der Waals surface area contributed by atoms with Crippen LogP contribution in [0.4, 0.5) is 15.3 Å². The molecule has 1 N–H and O–H groups in total. The molecule has 6 heteroatoms. The molecule has 1 aromatic carbocycles. The summed E-state index contributed by atoms with van der Waals surface area (Å²) in [7, 11) is 0. The van der Waals surface area contributed by atoms with Crippen LogP contribution in [0.15, 0.2) is 30.3 Å². The van der Waals surface area contributed by atoms with Crippen LogP contribution in [0, 0.1) is 0 Å². The van der Waals surface area contributed by atoms with Gasteiger partial charge in [-0.3, -0.25) is 0 Å². The van der Waals surface area contributed by atoms with Crippen molar-refractivity contribution in [1.29, 1.82) is 0 Å². The third kappa shape index (κ3) is 5.11. The highest BCUT2D eigenvalue weighted by Crippen LogP contribution is 2.22. The average Bonchev–Trinajstić information content (AvgIpc) is 2.63. The van der Waals surface area contributed by atoms with E-state index in [0.29, 0.717) is 19.7 Å². The maximum atomic E-state index is 12.8. The standard InChI is InChI=1S/C19H29N3O3/c1-4-15(3)22(18(23)20-16-9-7-6-8-10-16)17-11-13-21(14-12-17)19(24)25-5-2/h6-10,15,17H,4-5,11-14H2,1-3H3,(H,20,23)/t15-/m1/s1. The third-order valence-electron chi connectivity index (χ3n) is 4.71. The fraction of sp³-hybridized carbons (Fsp3) is 0.579. The van der Waals surface area contributed by atoms with Crippen LogP contribution >= 0.6 is 0 Å². The van der Waals surface area contributed by atoms with Crippen LogP contribution in [0.3, 0.4) is 0 Å². The fourth-order valence-electron chi connectivity index (χ4n) is 3.17. The van der Waals surface area contributed by atoms with Crippen molar-refractivity contribution in [3.05, 3.63) is 30.3 Å². The van der Waals surface area contributed by atoms with Crippen molar-refractivity contribution in [3.63, 3.8) is 0 Å². The molecule has 1 aliphatic rings. The van der Waals surface area contributed by atoms with E-state index in [1.54, 1.807) is 4.90 Å². The van der Waals surface area contributed by atoms with E-state index >= 15 is 0 Å². The molecule has 3 amide bonds. The number of ether oxygens (including phenoxy) is 1. The predicted molar refractivity (Wildman–Crippen MR) is 98.7 cm³/mol. The van der Waals surface area contributed by atoms with E-state index in [0.717, 1.165) is 24.9 Å². The Morgan fingerprint density at radius 1 is 1.24 bits per heavy atom. The summed E-state index contributed by atoms with van der Waals surface area (Å²) in [5.41, 5.74) is 0.796. The number of para-hydroxylation sites is 1. The van der Waals surface area contributed by atoms with Gasteiger partial charge in [-0.05, 0) is 45.2 Å². The van der Waals surface area contributed by atoms with E-state index in [1.165, 1.54) is 0 Å². The van der Waals surface area contributed by atoms with Crippen LogP contribution < -0.4 is 5.32 Å². The van der Waals surface area contributed by atoms with E-state index in [9.17, 15) is 9.59 Å². The number of likely N-dealkylation sites (tertiary alicyclic amines) is 1. The number of rotatable bonds is 5. The van der Waals surface area contributed by atoms with Gasteiger partial charge < -0.3 is 19.9 Å². The van der Waals surface area contributed by atoms with Gasteiger partial charge in [0.1, 0.15) is 0 Å². The summed E-state index contributed by atoms with van der Waals surface area (Å²) >= 11 is 0. The second kappa shape index (κ2) is 9.30. The quantitative estimate of drug-likeness (QED) is 0.877. The van der Waals surface area contributed by atoms with Gasteiger partial charge in [0.25, 0.3) is 0 Å². The van der Waals surface area contributed by atoms with Gasteiger partial charge in [0.05, 0.1) is 6.61 Å². The zero-order chi connectivity index (χ0) is 18.2. The van der Waals surface area contributed by atoms with Gasteiger partial charge >= 0.3 is 12.1 Å². The van der Waals surface area contributed by atoms with Crippen LogP contribution in [0.25, 0.3) is 0 Å². The van der Waals surface area contributed by atoms with E-state index in [1.807, 2.05) is 42.2 Å². The molecule has 0 spiro atoms. The van der Waals surface area contributed by atoms with Gasteiger partial charge in [-0.15, -0.1) is 0 Å². The lowest BCUT2D eigenvalue weighted by Crippen LogP contribution is -2.53. The molecule has 0 radical (unpaired) electrons. The van der Waals surface area contributed by atoms with Crippen LogP contribution in [-0.2, 0) is 4.74 Å². The fourth-order valence-corrected chi connectivity index (χ4v) is 3.17. The molecule has 1 aliphatic heterocycles. The van der Waals surface area contributed by atoms with Gasteiger partial charge in [-0.2, -0.15) is 0 Å². The van der Waals surface area contributed by atoms with Crippen molar-refractivity contribution in [2.24, 2.45) is 0 Å². The zero-order valence-electron chi connectivity index (χ0n) is 15.4. The van der Waals surface area contributed by atoms with Crippen molar-refractivity contribution in [2.75, 3.05) is 25.0 Å². The molecule has 0 bridgehead atoms. The Morgan fingerprint density at radius 3 is 2.44 bits per heavy atom. The minimum atomic E-state index is -0.259. The van der Waals surface area contributed by atoms with Gasteiger partial charge in [-0.25, -0.2) is 9.59 Å². The zero-order valence-corrected chi connectivity index (χ0v) is 15.4. The number of nitrogens with one attached hydrogen (secondary N) is 1. The minimum absolute atomic E-state index is 0.0739. The second-order valence-electron chi connectivity index (χ2n) is 6.38. The number of carbonyl (C=O) groups is 2. The van der Waals surface area contributed by atoms with Gasteiger partial charge in [0.2, 0.25) is 0 Å². The lowest BCUT2D eigenvalue weighted by atomic mass is 10.0. The van der Waals surface area contributed by atoms with Gasteiger partial charge in [-0.1, -0.05) is 25.1 Å². The summed E-state index contributed by atoms with van der Waals surface area (Å²) in [5.74, 6) is 0. The summed E-state index contributed by atoms with van der Waals surface area (Å²) < 4.78 is 5.07. The normalized spacial score (nSPS) is 16.2. The molecule has 1 aromatic rings. The number of piperidine rings is 1. The van der Waals surface area contributed by atoms with Crippen molar-refractivity contribution in [2.45, 2.75) is 52.1 Å². The first kappa shape index (κ1) is 19.1. The molecule has 25 heavy (non-hydrogen) atoms. The number of amides is 3. The lowest BCUT2D eigenvalue weighted by Gasteiger charge is -2.41. The molecule has 0 saturated carbocycles. The number of urea groups is 1. The number of benzene rings is 1. The lowest BCUT2D eigenvalue weighted by molar-refractivity contribution is 0.0757. The van der Waals surface area contributed by atoms with Crippen LogP contribution in [0.2, 0.25) is 0 Å². The first-order valence-corrected chi connectivity index (χ1v) is 9.12. The predicted octanol–water partition coefficient (Wildman–Crippen LogP) is 3.94. The molecule has 0 aliphatic carbocycles. The monoisotopic (exact) mass is 347 g/mol. The van der Waals surface area contributed by atoms with Crippen molar-refractivity contribution in [1.82, 2.24) is 9.80 Å². The second-order valence-corrected chi connectivity index (χ2v) is 6.38. The third-order valence-corrected chi connectivity index (χ3v) is 4.71. The Kier molecular flexibility index (Phi) is 7.10. The molecule has 1 fully saturated rings. The molecule has 1 saturated heterocycles. The Morgan fingerprint density at radius 2 is 1.88 bits per heavy atom. The molecule has 0 unspecified atom stereocenters. The molecular weight excluding hydrogens is 318 g/mol. The van der Waals surface area contributed by atoms with Crippen LogP contribution in [0.5, 0.6) is 0 Å². The van der Waals surface area contributed by atoms with E-state index < -0.39 is 0 Å². The highest BCUT2D eigenvalue weighted by atomic mass is 16.6. The minimum Gasteiger partial charge on any atom is -0.450 e. The van der Waals surface area contributed by atoms with Gasteiger partial charge in [0, 0.05) is 30.9 Å². The molecular formula is C19H29N3O3. The van der Waals surface area contributed by atoms with Crippen LogP contribution in [0.1, 0.15) is 40.0 Å². The van der Waals surface area contributed by atoms with Crippen molar-refractivity contribution >= 4 is 17.8 Å². The molecule has 2 rings (SSSR count). The topological polar surface area (TPSA) is 61.9 Å². The van der Waals surface area contributed by atoms with E-state index in [2.05, 4.69) is 19.2 Å². The van der Waals surface area contributed by atoms with Gasteiger partial charge in [0.15, 0.2) is 0 Å². The Balaban J connectivity index is 2.01. The largest absolute Gasteiger partial charge is 0.450 e. The van der Waals surface area contributed by atoms with Crippen molar-refractivity contribution in [3.8, 4) is 0 Å². The highest BCUT2D eigenvalue weighted by molar-refractivity contribution is 5.89. The van der Waals surface area contributed by atoms with E-state index in [-0.39, 0.29) is 24.2 Å². The number of carbonyl (C=O) groups excluding carboxylic acids is 2. The van der Waals surface area contributed by atoms with E-state index in [4.69, 9.17) is 4.74 Å². The maximum absolute atomic E-state index is 12.8. The summed E-state index contributed by atoms with van der Waals surface area (Å²) in [6, 6.07) is 9.70. The van der Waals surface area contributed by atoms with Crippen molar-refractivity contribution < 1.29 is 14.3 Å². The average molecular weight is 347 g/mol. The Bertz CT molecular complexity index is 556. The molecule has 0 aromatic heterocycles. The smallest absolute Gasteiger partial charge is 0.409 e. The maximum Gasteiger partial charge on any atom is 0.409 e. The first-order valence-electron chi connectivity index (χ1n) is 9.12. The number of anilines is 1. The molecule has 1 heterocycles. The summed E-state index contributed by atoms with van der Waals surface area (Å²) in [4.78, 5) is 28.4. The number of hydrogen-bond acceptors (Lipinski definition) is 3.